The van der Waals surface area contributed by atoms with E-state index in [1.54, 1.807) is 24.3 Å². The molecule has 1 fully saturated rings. The van der Waals surface area contributed by atoms with Gasteiger partial charge in [-0.1, -0.05) is 18.2 Å². The van der Waals surface area contributed by atoms with Crippen molar-refractivity contribution in [1.29, 1.82) is 0 Å². The Balaban J connectivity index is 2.30. The number of halogens is 1. The van der Waals surface area contributed by atoms with Crippen LogP contribution in [0, 0.1) is 0 Å². The van der Waals surface area contributed by atoms with Gasteiger partial charge in [-0.05, 0) is 25.0 Å². The first-order chi connectivity index (χ1) is 8.47. The molecule has 0 radical (unpaired) electrons. The number of nitrogens with one attached hydrogen (secondary N) is 1. The first-order valence-corrected chi connectivity index (χ1v) is 7.74. The molecule has 0 spiro atoms. The zero-order valence-electron chi connectivity index (χ0n) is 10.1. The van der Waals surface area contributed by atoms with Crippen LogP contribution < -0.4 is 4.72 Å². The van der Waals surface area contributed by atoms with Crippen LogP contribution in [0.3, 0.4) is 0 Å². The predicted octanol–water partition coefficient (Wildman–Crippen LogP) is 1.88. The summed E-state index contributed by atoms with van der Waals surface area (Å²) in [5, 5.41) is 0. The fraction of sp³-hybridized carbons (Fsp3) is 0.500. The molecule has 100 valence electrons. The van der Waals surface area contributed by atoms with Crippen molar-refractivity contribution >= 4 is 21.6 Å². The summed E-state index contributed by atoms with van der Waals surface area (Å²) in [6.07, 6.45) is 0.676. The molecule has 0 bridgehead atoms. The molecule has 1 aromatic carbocycles. The molecule has 4 nitrogen and oxygen atoms in total. The lowest BCUT2D eigenvalue weighted by molar-refractivity contribution is 0.178. The lowest BCUT2D eigenvalue weighted by Gasteiger charge is -2.23. The van der Waals surface area contributed by atoms with Crippen molar-refractivity contribution in [3.8, 4) is 0 Å². The normalized spacial score (nSPS) is 24.3. The molecule has 0 amide bonds. The quantitative estimate of drug-likeness (QED) is 0.861. The van der Waals surface area contributed by atoms with Crippen molar-refractivity contribution in [2.75, 3.05) is 13.2 Å². The second kappa shape index (κ2) is 5.17. The number of hydrogen-bond donors (Lipinski definition) is 1. The largest absolute Gasteiger partial charge is 0.379 e. The van der Waals surface area contributed by atoms with Gasteiger partial charge in [-0.25, -0.2) is 13.1 Å². The highest BCUT2D eigenvalue weighted by molar-refractivity contribution is 7.89. The molecule has 1 heterocycles. The van der Waals surface area contributed by atoms with E-state index in [0.29, 0.717) is 25.2 Å². The van der Waals surface area contributed by atoms with Crippen molar-refractivity contribution < 1.29 is 13.2 Å². The molecule has 1 aromatic rings. The molecular weight excluding hydrogens is 274 g/mol. The summed E-state index contributed by atoms with van der Waals surface area (Å²) in [6, 6.07) is 6.75. The fourth-order valence-electron chi connectivity index (χ4n) is 2.00. The molecule has 1 aliphatic rings. The fourth-order valence-corrected chi connectivity index (χ4v) is 3.98. The number of rotatable bonds is 4. The summed E-state index contributed by atoms with van der Waals surface area (Å²) in [5.74, 6) is 0.171. The molecule has 1 saturated heterocycles. The Kier molecular flexibility index (Phi) is 3.96. The summed E-state index contributed by atoms with van der Waals surface area (Å²) in [4.78, 5) is 0.244. The minimum Gasteiger partial charge on any atom is -0.379 e. The van der Waals surface area contributed by atoms with Crippen LogP contribution in [0.4, 0.5) is 0 Å². The van der Waals surface area contributed by atoms with Gasteiger partial charge in [0, 0.05) is 12.5 Å². The standard InChI is InChI=1S/C12H16ClNO3S/c1-12(6-7-17-9-12)14-18(15,16)11-5-3-2-4-10(11)8-13/h2-5,14H,6-9H2,1H3. The highest BCUT2D eigenvalue weighted by Gasteiger charge is 2.35. The maximum Gasteiger partial charge on any atom is 0.241 e. The van der Waals surface area contributed by atoms with E-state index in [0.717, 1.165) is 0 Å². The third-order valence-corrected chi connectivity index (χ3v) is 5.03. The maximum absolute atomic E-state index is 12.3. The van der Waals surface area contributed by atoms with Gasteiger partial charge in [-0.15, -0.1) is 11.6 Å². The van der Waals surface area contributed by atoms with Crippen LogP contribution in [0.1, 0.15) is 18.9 Å². The van der Waals surface area contributed by atoms with Gasteiger partial charge in [0.1, 0.15) is 0 Å². The molecular formula is C12H16ClNO3S. The van der Waals surface area contributed by atoms with Crippen molar-refractivity contribution in [2.45, 2.75) is 29.7 Å². The zero-order valence-corrected chi connectivity index (χ0v) is 11.7. The van der Waals surface area contributed by atoms with Crippen LogP contribution in [0.5, 0.6) is 0 Å². The molecule has 1 aliphatic heterocycles. The van der Waals surface area contributed by atoms with Crippen molar-refractivity contribution in [1.82, 2.24) is 4.72 Å². The van der Waals surface area contributed by atoms with Gasteiger partial charge in [0.25, 0.3) is 0 Å². The molecule has 1 atom stereocenters. The summed E-state index contributed by atoms with van der Waals surface area (Å²) < 4.78 is 32.7. The minimum atomic E-state index is -3.56. The van der Waals surface area contributed by atoms with E-state index in [1.807, 2.05) is 6.92 Å². The summed E-state index contributed by atoms with van der Waals surface area (Å²) in [7, 11) is -3.56. The van der Waals surface area contributed by atoms with Crippen LogP contribution in [0.15, 0.2) is 29.2 Å². The van der Waals surface area contributed by atoms with E-state index in [4.69, 9.17) is 16.3 Å². The van der Waals surface area contributed by atoms with Crippen LogP contribution in [0.2, 0.25) is 0 Å². The van der Waals surface area contributed by atoms with Crippen LogP contribution in [-0.4, -0.2) is 27.2 Å². The van der Waals surface area contributed by atoms with Gasteiger partial charge < -0.3 is 4.74 Å². The smallest absolute Gasteiger partial charge is 0.241 e. The predicted molar refractivity (Wildman–Crippen MR) is 70.2 cm³/mol. The Morgan fingerprint density at radius 2 is 2.17 bits per heavy atom. The molecule has 1 unspecified atom stereocenters. The lowest BCUT2D eigenvalue weighted by Crippen LogP contribution is -2.46. The summed E-state index contributed by atoms with van der Waals surface area (Å²) in [5.41, 5.74) is 0.0762. The van der Waals surface area contributed by atoms with E-state index >= 15 is 0 Å². The van der Waals surface area contributed by atoms with E-state index in [1.165, 1.54) is 0 Å². The van der Waals surface area contributed by atoms with E-state index in [-0.39, 0.29) is 10.8 Å². The molecule has 6 heteroatoms. The zero-order chi connectivity index (χ0) is 13.2. The topological polar surface area (TPSA) is 55.4 Å². The molecule has 1 N–H and O–H groups in total. The second-order valence-electron chi connectivity index (χ2n) is 4.71. The van der Waals surface area contributed by atoms with E-state index in [9.17, 15) is 8.42 Å². The van der Waals surface area contributed by atoms with Crippen LogP contribution in [0.25, 0.3) is 0 Å². The summed E-state index contributed by atoms with van der Waals surface area (Å²) >= 11 is 5.77. The minimum absolute atomic E-state index is 0.171. The third kappa shape index (κ3) is 2.85. The van der Waals surface area contributed by atoms with E-state index < -0.39 is 15.6 Å². The maximum atomic E-state index is 12.3. The highest BCUT2D eigenvalue weighted by Crippen LogP contribution is 2.23. The first kappa shape index (κ1) is 13.8. The number of sulfonamides is 1. The van der Waals surface area contributed by atoms with Gasteiger partial charge in [-0.3, -0.25) is 0 Å². The van der Waals surface area contributed by atoms with Crippen molar-refractivity contribution in [3.05, 3.63) is 29.8 Å². The number of hydrogen-bond acceptors (Lipinski definition) is 3. The Labute approximate surface area is 112 Å². The second-order valence-corrected chi connectivity index (χ2v) is 6.63. The average Bonchev–Trinajstić information content (AvgIpc) is 2.74. The summed E-state index contributed by atoms with van der Waals surface area (Å²) in [6.45, 7) is 2.83. The highest BCUT2D eigenvalue weighted by atomic mass is 35.5. The van der Waals surface area contributed by atoms with Gasteiger partial charge in [0.05, 0.1) is 17.0 Å². The van der Waals surface area contributed by atoms with Gasteiger partial charge in [0.2, 0.25) is 10.0 Å². The number of ether oxygens (including phenoxy) is 1. The first-order valence-electron chi connectivity index (χ1n) is 5.72. The Bertz CT molecular complexity index is 524. The number of alkyl halides is 1. The average molecular weight is 290 g/mol. The van der Waals surface area contributed by atoms with Crippen molar-refractivity contribution in [2.24, 2.45) is 0 Å². The Hall–Kier alpha value is -0.620. The third-order valence-electron chi connectivity index (χ3n) is 3.01. The van der Waals surface area contributed by atoms with Gasteiger partial charge >= 0.3 is 0 Å². The SMILES string of the molecule is CC1(NS(=O)(=O)c2ccccc2CCl)CCOC1. The molecule has 18 heavy (non-hydrogen) atoms. The number of benzene rings is 1. The Morgan fingerprint density at radius 1 is 1.44 bits per heavy atom. The molecule has 0 aliphatic carbocycles. The van der Waals surface area contributed by atoms with Crippen molar-refractivity contribution in [3.63, 3.8) is 0 Å². The van der Waals surface area contributed by atoms with E-state index in [2.05, 4.69) is 4.72 Å². The Morgan fingerprint density at radius 3 is 2.78 bits per heavy atom. The van der Waals surface area contributed by atoms with Gasteiger partial charge in [0.15, 0.2) is 0 Å². The monoisotopic (exact) mass is 289 g/mol. The lowest BCUT2D eigenvalue weighted by atomic mass is 10.0. The molecule has 2 rings (SSSR count). The van der Waals surface area contributed by atoms with Gasteiger partial charge in [-0.2, -0.15) is 0 Å². The van der Waals surface area contributed by atoms with Crippen LogP contribution in [-0.2, 0) is 20.6 Å². The molecule has 0 saturated carbocycles. The van der Waals surface area contributed by atoms with Crippen LogP contribution >= 0.6 is 11.6 Å². The molecule has 0 aromatic heterocycles.